The molecule has 162 valence electrons. The van der Waals surface area contributed by atoms with Crippen LogP contribution < -0.4 is 16.1 Å². The molecule has 3 rings (SSSR count). The third kappa shape index (κ3) is 5.75. The Balaban J connectivity index is 1.84. The zero-order valence-electron chi connectivity index (χ0n) is 16.6. The van der Waals surface area contributed by atoms with Crippen molar-refractivity contribution in [3.63, 3.8) is 0 Å². The van der Waals surface area contributed by atoms with Gasteiger partial charge in [-0.2, -0.15) is 0 Å². The van der Waals surface area contributed by atoms with Crippen molar-refractivity contribution in [2.75, 3.05) is 31.0 Å². The van der Waals surface area contributed by atoms with Gasteiger partial charge in [0.1, 0.15) is 5.69 Å². The molecule has 1 aromatic heterocycles. The molecule has 1 heterocycles. The monoisotopic (exact) mass is 462 g/mol. The number of nitrogens with one attached hydrogen (secondary N) is 3. The summed E-state index contributed by atoms with van der Waals surface area (Å²) in [6.07, 6.45) is 0.565. The van der Waals surface area contributed by atoms with Crippen molar-refractivity contribution in [2.24, 2.45) is 0 Å². The molecule has 0 bridgehead atoms. The van der Waals surface area contributed by atoms with Gasteiger partial charge in [-0.1, -0.05) is 23.2 Å². The molecule has 0 aliphatic rings. The van der Waals surface area contributed by atoms with Crippen LogP contribution in [0.25, 0.3) is 10.9 Å². The molecule has 8 nitrogen and oxygen atoms in total. The van der Waals surface area contributed by atoms with Crippen molar-refractivity contribution < 1.29 is 19.1 Å². The highest BCUT2D eigenvalue weighted by Crippen LogP contribution is 2.24. The van der Waals surface area contributed by atoms with Crippen molar-refractivity contribution in [1.82, 2.24) is 9.99 Å². The normalized spacial score (nSPS) is 10.7. The van der Waals surface area contributed by atoms with Gasteiger partial charge in [-0.25, -0.2) is 4.68 Å². The number of rotatable bonds is 7. The zero-order chi connectivity index (χ0) is 22.4. The minimum Gasteiger partial charge on any atom is -0.385 e. The van der Waals surface area contributed by atoms with Crippen LogP contribution in [-0.4, -0.2) is 42.7 Å². The number of hydrogen-bond acceptors (Lipinski definition) is 4. The molecule has 0 saturated carbocycles. The van der Waals surface area contributed by atoms with Gasteiger partial charge in [0.15, 0.2) is 0 Å². The number of nitrogens with zero attached hydrogens (tertiary/aromatic N) is 1. The first-order valence-electron chi connectivity index (χ1n) is 9.35. The quantitative estimate of drug-likeness (QED) is 0.369. The van der Waals surface area contributed by atoms with Gasteiger partial charge in [0.25, 0.3) is 5.91 Å². The van der Waals surface area contributed by atoms with E-state index in [0.717, 1.165) is 0 Å². The smallest absolute Gasteiger partial charge is 0.328 e. The summed E-state index contributed by atoms with van der Waals surface area (Å²) in [6, 6.07) is 13.1. The average molecular weight is 463 g/mol. The van der Waals surface area contributed by atoms with E-state index < -0.39 is 17.7 Å². The zero-order valence-corrected chi connectivity index (χ0v) is 18.1. The Kier molecular flexibility index (Phi) is 7.51. The van der Waals surface area contributed by atoms with Crippen molar-refractivity contribution in [3.8, 4) is 0 Å². The molecule has 0 unspecified atom stereocenters. The molecule has 0 fully saturated rings. The maximum Gasteiger partial charge on any atom is 0.328 e. The van der Waals surface area contributed by atoms with Gasteiger partial charge in [-0.3, -0.25) is 19.8 Å². The summed E-state index contributed by atoms with van der Waals surface area (Å²) < 4.78 is 6.16. The first-order valence-corrected chi connectivity index (χ1v) is 10.1. The number of benzene rings is 2. The minimum atomic E-state index is -0.912. The summed E-state index contributed by atoms with van der Waals surface area (Å²) in [6.45, 7) is 0.742. The molecule has 0 saturated heterocycles. The third-order valence-corrected chi connectivity index (χ3v) is 4.82. The van der Waals surface area contributed by atoms with E-state index in [0.29, 0.717) is 39.7 Å². The molecular weight excluding hydrogens is 443 g/mol. The molecule has 3 amide bonds. The van der Waals surface area contributed by atoms with Gasteiger partial charge in [0.05, 0.1) is 5.52 Å². The Bertz CT molecular complexity index is 1110. The number of aromatic nitrogens is 1. The van der Waals surface area contributed by atoms with Crippen molar-refractivity contribution in [3.05, 3.63) is 64.3 Å². The molecule has 31 heavy (non-hydrogen) atoms. The molecule has 0 aliphatic carbocycles. The second kappa shape index (κ2) is 10.3. The van der Waals surface area contributed by atoms with Crippen molar-refractivity contribution >= 4 is 57.5 Å². The van der Waals surface area contributed by atoms with Crippen molar-refractivity contribution in [1.29, 1.82) is 0 Å². The molecule has 0 aliphatic heterocycles. The number of carbonyl (C=O) groups excluding carboxylic acids is 3. The lowest BCUT2D eigenvalue weighted by Gasteiger charge is -2.13. The number of hydrogen-bond donors (Lipinski definition) is 3. The first kappa shape index (κ1) is 22.6. The van der Waals surface area contributed by atoms with E-state index >= 15 is 0 Å². The second-order valence-electron chi connectivity index (χ2n) is 6.57. The largest absolute Gasteiger partial charge is 0.385 e. The van der Waals surface area contributed by atoms with Gasteiger partial charge >= 0.3 is 11.8 Å². The van der Waals surface area contributed by atoms with E-state index in [1.807, 2.05) is 0 Å². The number of amides is 3. The summed E-state index contributed by atoms with van der Waals surface area (Å²) in [7, 11) is 1.55. The van der Waals surface area contributed by atoms with Gasteiger partial charge in [-0.05, 0) is 55.0 Å². The Hall–Kier alpha value is -3.07. The molecule has 0 spiro atoms. The fourth-order valence-corrected chi connectivity index (χ4v) is 3.16. The second-order valence-corrected chi connectivity index (χ2v) is 7.45. The lowest BCUT2D eigenvalue weighted by Crippen LogP contribution is -2.40. The van der Waals surface area contributed by atoms with Gasteiger partial charge in [0.2, 0.25) is 0 Å². The lowest BCUT2D eigenvalue weighted by atomic mass is 10.2. The maximum absolute atomic E-state index is 12.9. The number of anilines is 1. The van der Waals surface area contributed by atoms with Crippen LogP contribution in [0.4, 0.5) is 5.69 Å². The Labute approximate surface area is 188 Å². The molecule has 3 aromatic rings. The van der Waals surface area contributed by atoms with E-state index in [9.17, 15) is 14.4 Å². The fourth-order valence-electron chi connectivity index (χ4n) is 2.85. The van der Waals surface area contributed by atoms with Crippen molar-refractivity contribution in [2.45, 2.75) is 6.42 Å². The molecule has 0 radical (unpaired) electrons. The van der Waals surface area contributed by atoms with E-state index in [4.69, 9.17) is 27.9 Å². The van der Waals surface area contributed by atoms with Crippen LogP contribution in [-0.2, 0) is 14.3 Å². The third-order valence-electron chi connectivity index (χ3n) is 4.33. The number of fused-ring (bicyclic) bond motifs is 1. The Morgan fingerprint density at radius 2 is 1.68 bits per heavy atom. The van der Waals surface area contributed by atoms with Gasteiger partial charge < -0.3 is 15.4 Å². The summed E-state index contributed by atoms with van der Waals surface area (Å²) >= 11 is 11.9. The van der Waals surface area contributed by atoms with Gasteiger partial charge in [-0.15, -0.1) is 0 Å². The Morgan fingerprint density at radius 1 is 0.968 bits per heavy atom. The number of ether oxygens (including phenoxy) is 1. The Morgan fingerprint density at radius 3 is 2.39 bits per heavy atom. The standard InChI is InChI=1S/C21H20Cl2N4O4/c1-31-10-2-9-24-20(29)21(30)26-27-17-8-5-15(23)11-13(17)12-18(27)19(28)25-16-6-3-14(22)4-7-16/h3-8,11-12H,2,9-10H2,1H3,(H,24,29)(H,25,28)(H,26,30). The summed E-state index contributed by atoms with van der Waals surface area (Å²) in [5.41, 5.74) is 3.62. The highest BCUT2D eigenvalue weighted by molar-refractivity contribution is 6.38. The predicted octanol–water partition coefficient (Wildman–Crippen LogP) is 3.42. The molecule has 10 heteroatoms. The van der Waals surface area contributed by atoms with Crippen LogP contribution >= 0.6 is 23.2 Å². The molecule has 2 aromatic carbocycles. The molecule has 0 atom stereocenters. The molecule has 3 N–H and O–H groups in total. The summed E-state index contributed by atoms with van der Waals surface area (Å²) in [5.74, 6) is -2.23. The SMILES string of the molecule is COCCCNC(=O)C(=O)Nn1c(C(=O)Nc2ccc(Cl)cc2)cc2cc(Cl)ccc21. The topological polar surface area (TPSA) is 101 Å². The number of halogens is 2. The van der Waals surface area contributed by atoms with Crippen LogP contribution in [0.5, 0.6) is 0 Å². The fraction of sp³-hybridized carbons (Fsp3) is 0.190. The number of methoxy groups -OCH3 is 1. The van der Waals surface area contributed by atoms with Crippen LogP contribution in [0.15, 0.2) is 48.5 Å². The van der Waals surface area contributed by atoms with E-state index in [1.165, 1.54) is 4.68 Å². The minimum absolute atomic E-state index is 0.118. The van der Waals surface area contributed by atoms with Crippen LogP contribution in [0.1, 0.15) is 16.9 Å². The molecular formula is C21H20Cl2N4O4. The van der Waals surface area contributed by atoms with E-state index in [1.54, 1.807) is 55.6 Å². The average Bonchev–Trinajstić information content (AvgIpc) is 3.10. The lowest BCUT2D eigenvalue weighted by molar-refractivity contribution is -0.136. The summed E-state index contributed by atoms with van der Waals surface area (Å²) in [5, 5.41) is 6.86. The number of carbonyl (C=O) groups is 3. The van der Waals surface area contributed by atoms with E-state index in [-0.39, 0.29) is 12.2 Å². The van der Waals surface area contributed by atoms with Crippen LogP contribution in [0, 0.1) is 0 Å². The summed E-state index contributed by atoms with van der Waals surface area (Å²) in [4.78, 5) is 37.4. The highest BCUT2D eigenvalue weighted by atomic mass is 35.5. The van der Waals surface area contributed by atoms with Crippen LogP contribution in [0.2, 0.25) is 10.0 Å². The maximum atomic E-state index is 12.9. The van der Waals surface area contributed by atoms with Crippen LogP contribution in [0.3, 0.4) is 0 Å². The van der Waals surface area contributed by atoms with E-state index in [2.05, 4.69) is 16.1 Å². The predicted molar refractivity (Wildman–Crippen MR) is 120 cm³/mol. The highest BCUT2D eigenvalue weighted by Gasteiger charge is 2.21. The van der Waals surface area contributed by atoms with Gasteiger partial charge in [0, 0.05) is 41.4 Å². The first-order chi connectivity index (χ1) is 14.9.